The first kappa shape index (κ1) is 15.2. The minimum Gasteiger partial charge on any atom is -0.303 e. The largest absolute Gasteiger partial charge is 0.393 e. The van der Waals surface area contributed by atoms with Crippen molar-refractivity contribution in [2.75, 3.05) is 25.4 Å². The molecule has 1 rings (SSSR count). The van der Waals surface area contributed by atoms with Gasteiger partial charge >= 0.3 is 6.18 Å². The average molecular weight is 269 g/mol. The number of rotatable bonds is 6. The zero-order valence-corrected chi connectivity index (χ0v) is 11.1. The lowest BCUT2D eigenvalue weighted by molar-refractivity contribution is -0.186. The maximum absolute atomic E-state index is 12.6. The van der Waals surface area contributed by atoms with Crippen molar-refractivity contribution < 1.29 is 13.2 Å². The number of likely N-dealkylation sites (tertiary alicyclic amines) is 1. The molecule has 0 aromatic rings. The number of thiol groups is 1. The summed E-state index contributed by atoms with van der Waals surface area (Å²) < 4.78 is 37.7. The van der Waals surface area contributed by atoms with Gasteiger partial charge in [-0.1, -0.05) is 12.8 Å². The Labute approximate surface area is 107 Å². The van der Waals surface area contributed by atoms with Crippen LogP contribution in [0.2, 0.25) is 0 Å². The molecule has 1 heterocycles. The molecule has 0 radical (unpaired) electrons. The second-order valence-electron chi connectivity index (χ2n) is 4.82. The van der Waals surface area contributed by atoms with Gasteiger partial charge in [0.2, 0.25) is 0 Å². The molecule has 0 amide bonds. The van der Waals surface area contributed by atoms with Crippen LogP contribution in [0.1, 0.15) is 38.5 Å². The van der Waals surface area contributed by atoms with E-state index in [-0.39, 0.29) is 6.54 Å². The van der Waals surface area contributed by atoms with Crippen molar-refractivity contribution in [3.05, 3.63) is 0 Å². The number of halogens is 3. The van der Waals surface area contributed by atoms with Gasteiger partial charge in [0, 0.05) is 6.54 Å². The molecule has 1 aliphatic rings. The number of piperidine rings is 1. The predicted molar refractivity (Wildman–Crippen MR) is 67.5 cm³/mol. The maximum atomic E-state index is 12.6. The lowest BCUT2D eigenvalue weighted by atomic mass is 9.97. The van der Waals surface area contributed by atoms with Gasteiger partial charge in [0.1, 0.15) is 0 Å². The molecule has 5 heteroatoms. The second-order valence-corrected chi connectivity index (χ2v) is 5.27. The molecular formula is C12H22F3NS. The van der Waals surface area contributed by atoms with Crippen molar-refractivity contribution >= 4 is 12.6 Å². The topological polar surface area (TPSA) is 3.24 Å². The number of unbranched alkanes of at least 4 members (excludes halogenated alkanes) is 3. The van der Waals surface area contributed by atoms with Crippen LogP contribution in [0, 0.1) is 5.92 Å². The maximum Gasteiger partial charge on any atom is 0.393 e. The minimum absolute atomic E-state index is 0.204. The minimum atomic E-state index is -4.01. The SMILES string of the molecule is FC(F)(F)C1CCCN(CCCCCCS)C1. The Morgan fingerprint density at radius 3 is 2.47 bits per heavy atom. The lowest BCUT2D eigenvalue weighted by Crippen LogP contribution is -2.42. The van der Waals surface area contributed by atoms with Crippen molar-refractivity contribution in [3.8, 4) is 0 Å². The van der Waals surface area contributed by atoms with E-state index >= 15 is 0 Å². The van der Waals surface area contributed by atoms with Gasteiger partial charge in [-0.15, -0.1) is 0 Å². The van der Waals surface area contributed by atoms with Crippen LogP contribution < -0.4 is 0 Å². The highest BCUT2D eigenvalue weighted by atomic mass is 32.1. The van der Waals surface area contributed by atoms with E-state index in [1.54, 1.807) is 0 Å². The van der Waals surface area contributed by atoms with Gasteiger partial charge in [-0.3, -0.25) is 0 Å². The third-order valence-electron chi connectivity index (χ3n) is 3.35. The molecule has 0 saturated carbocycles. The van der Waals surface area contributed by atoms with Gasteiger partial charge in [-0.25, -0.2) is 0 Å². The summed E-state index contributed by atoms with van der Waals surface area (Å²) in [6.07, 6.45) is 1.34. The van der Waals surface area contributed by atoms with E-state index in [9.17, 15) is 13.2 Å². The number of nitrogens with zero attached hydrogens (tertiary/aromatic N) is 1. The van der Waals surface area contributed by atoms with Gasteiger partial charge < -0.3 is 4.90 Å². The highest BCUT2D eigenvalue weighted by Crippen LogP contribution is 2.33. The fraction of sp³-hybridized carbons (Fsp3) is 1.00. The van der Waals surface area contributed by atoms with E-state index in [1.165, 1.54) is 0 Å². The van der Waals surface area contributed by atoms with Crippen LogP contribution in [-0.4, -0.2) is 36.5 Å². The van der Waals surface area contributed by atoms with Gasteiger partial charge in [0.25, 0.3) is 0 Å². The molecule has 0 aromatic carbocycles. The van der Waals surface area contributed by atoms with Crippen LogP contribution in [0.3, 0.4) is 0 Å². The molecule has 1 atom stereocenters. The van der Waals surface area contributed by atoms with Gasteiger partial charge in [0.05, 0.1) is 5.92 Å². The van der Waals surface area contributed by atoms with Crippen molar-refractivity contribution in [3.63, 3.8) is 0 Å². The summed E-state index contributed by atoms with van der Waals surface area (Å²) in [6.45, 7) is 1.86. The summed E-state index contributed by atoms with van der Waals surface area (Å²) in [4.78, 5) is 1.97. The van der Waals surface area contributed by atoms with E-state index in [0.29, 0.717) is 12.8 Å². The predicted octanol–water partition coefficient (Wildman–Crippen LogP) is 3.75. The molecule has 1 fully saturated rings. The normalized spacial score (nSPS) is 22.9. The number of hydrogen-bond donors (Lipinski definition) is 1. The molecule has 0 aromatic heterocycles. The first-order valence-electron chi connectivity index (χ1n) is 6.44. The summed E-state index contributed by atoms with van der Waals surface area (Å²) in [5.74, 6) is -0.200. The first-order chi connectivity index (χ1) is 8.04. The summed E-state index contributed by atoms with van der Waals surface area (Å²) in [5.41, 5.74) is 0. The van der Waals surface area contributed by atoms with Gasteiger partial charge in [-0.05, 0) is 44.5 Å². The Bertz CT molecular complexity index is 208. The van der Waals surface area contributed by atoms with Gasteiger partial charge in [-0.2, -0.15) is 25.8 Å². The second kappa shape index (κ2) is 7.52. The molecule has 0 bridgehead atoms. The van der Waals surface area contributed by atoms with E-state index in [2.05, 4.69) is 12.6 Å². The summed E-state index contributed by atoms with van der Waals surface area (Å²) in [5, 5.41) is 0. The number of alkyl halides is 3. The molecular weight excluding hydrogens is 247 g/mol. The highest BCUT2D eigenvalue weighted by Gasteiger charge is 2.41. The molecule has 1 saturated heterocycles. The summed E-state index contributed by atoms with van der Waals surface area (Å²) in [6, 6.07) is 0. The molecule has 0 aliphatic carbocycles. The molecule has 1 nitrogen and oxygen atoms in total. The summed E-state index contributed by atoms with van der Waals surface area (Å²) >= 11 is 4.13. The van der Waals surface area contributed by atoms with E-state index in [1.807, 2.05) is 4.90 Å². The molecule has 102 valence electrons. The Balaban J connectivity index is 2.17. The average Bonchev–Trinajstić information content (AvgIpc) is 2.28. The van der Waals surface area contributed by atoms with Crippen molar-refractivity contribution in [2.45, 2.75) is 44.7 Å². The molecule has 1 aliphatic heterocycles. The van der Waals surface area contributed by atoms with Crippen LogP contribution in [-0.2, 0) is 0 Å². The Morgan fingerprint density at radius 1 is 1.12 bits per heavy atom. The zero-order valence-electron chi connectivity index (χ0n) is 10.2. The fourth-order valence-electron chi connectivity index (χ4n) is 2.33. The molecule has 0 spiro atoms. The third kappa shape index (κ3) is 6.00. The van der Waals surface area contributed by atoms with Crippen LogP contribution in [0.25, 0.3) is 0 Å². The van der Waals surface area contributed by atoms with E-state index < -0.39 is 12.1 Å². The lowest BCUT2D eigenvalue weighted by Gasteiger charge is -2.33. The molecule has 1 unspecified atom stereocenters. The van der Waals surface area contributed by atoms with Gasteiger partial charge in [0.15, 0.2) is 0 Å². The van der Waals surface area contributed by atoms with Crippen LogP contribution >= 0.6 is 12.6 Å². The van der Waals surface area contributed by atoms with E-state index in [4.69, 9.17) is 0 Å². The fourth-order valence-corrected chi connectivity index (χ4v) is 2.55. The van der Waals surface area contributed by atoms with Crippen molar-refractivity contribution in [1.29, 1.82) is 0 Å². The smallest absolute Gasteiger partial charge is 0.303 e. The van der Waals surface area contributed by atoms with Crippen molar-refractivity contribution in [1.82, 2.24) is 4.90 Å². The number of hydrogen-bond acceptors (Lipinski definition) is 2. The Kier molecular flexibility index (Phi) is 6.70. The first-order valence-corrected chi connectivity index (χ1v) is 7.07. The monoisotopic (exact) mass is 269 g/mol. The van der Waals surface area contributed by atoms with Crippen molar-refractivity contribution in [2.24, 2.45) is 5.92 Å². The summed E-state index contributed by atoms with van der Waals surface area (Å²) in [7, 11) is 0. The van der Waals surface area contributed by atoms with Crippen LogP contribution in [0.15, 0.2) is 0 Å². The van der Waals surface area contributed by atoms with Crippen LogP contribution in [0.4, 0.5) is 13.2 Å². The Hall–Kier alpha value is 0.100. The van der Waals surface area contributed by atoms with Crippen LogP contribution in [0.5, 0.6) is 0 Å². The molecule has 17 heavy (non-hydrogen) atoms. The van der Waals surface area contributed by atoms with E-state index in [0.717, 1.165) is 44.5 Å². The molecule has 0 N–H and O–H groups in total. The third-order valence-corrected chi connectivity index (χ3v) is 3.67. The quantitative estimate of drug-likeness (QED) is 0.568. The standard InChI is InChI=1S/C12H22F3NS/c13-12(14,15)11-6-5-8-16(10-11)7-3-1-2-4-9-17/h11,17H,1-10H2. The Morgan fingerprint density at radius 2 is 1.82 bits per heavy atom. The highest BCUT2D eigenvalue weighted by molar-refractivity contribution is 7.80. The zero-order chi connectivity index (χ0) is 12.7.